The predicted molar refractivity (Wildman–Crippen MR) is 112 cm³/mol. The van der Waals surface area contributed by atoms with Crippen LogP contribution in [0.5, 0.6) is 5.75 Å². The van der Waals surface area contributed by atoms with Gasteiger partial charge in [0.1, 0.15) is 5.75 Å². The van der Waals surface area contributed by atoms with Crippen LogP contribution in [0.4, 0.5) is 0 Å². The van der Waals surface area contributed by atoms with Gasteiger partial charge in [-0.15, -0.1) is 0 Å². The molecule has 1 heterocycles. The van der Waals surface area contributed by atoms with Crippen molar-refractivity contribution in [2.24, 2.45) is 0 Å². The summed E-state index contributed by atoms with van der Waals surface area (Å²) >= 11 is 1.46. The summed E-state index contributed by atoms with van der Waals surface area (Å²) in [5.74, 6) is 0.818. The maximum Gasteiger partial charge on any atom is 0.233 e. The summed E-state index contributed by atoms with van der Waals surface area (Å²) in [5.41, 5.74) is 2.92. The molecule has 0 bridgehead atoms. The molecule has 1 aliphatic carbocycles. The van der Waals surface area contributed by atoms with Crippen LogP contribution >= 0.6 is 11.8 Å². The summed E-state index contributed by atoms with van der Waals surface area (Å²) < 4.78 is 7.66. The summed E-state index contributed by atoms with van der Waals surface area (Å²) in [6.45, 7) is 1.92. The van der Waals surface area contributed by atoms with Gasteiger partial charge in [-0.2, -0.15) is 0 Å². The molecular formula is C22H23N3O2S. The Kier molecular flexibility index (Phi) is 5.39. The van der Waals surface area contributed by atoms with Crippen LogP contribution in [0.15, 0.2) is 66.0 Å². The van der Waals surface area contributed by atoms with Crippen molar-refractivity contribution in [3.05, 3.63) is 60.8 Å². The number of hydrogen-bond acceptors (Lipinski definition) is 4. The average molecular weight is 394 g/mol. The summed E-state index contributed by atoms with van der Waals surface area (Å²) in [5, 5.41) is 3.60. The Morgan fingerprint density at radius 3 is 2.61 bits per heavy atom. The molecule has 1 saturated carbocycles. The second-order valence-electron chi connectivity index (χ2n) is 6.84. The van der Waals surface area contributed by atoms with Gasteiger partial charge in [0.2, 0.25) is 5.91 Å². The van der Waals surface area contributed by atoms with Gasteiger partial charge in [0, 0.05) is 11.6 Å². The molecule has 1 unspecified atom stereocenters. The Bertz CT molecular complexity index is 967. The molecular weight excluding hydrogens is 370 g/mol. The lowest BCUT2D eigenvalue weighted by Gasteiger charge is -2.17. The lowest BCUT2D eigenvalue weighted by atomic mass is 10.1. The number of imidazole rings is 1. The van der Waals surface area contributed by atoms with Crippen molar-refractivity contribution in [1.82, 2.24) is 14.9 Å². The summed E-state index contributed by atoms with van der Waals surface area (Å²) in [6.07, 6.45) is 4.02. The molecule has 1 aromatic heterocycles. The molecule has 3 aromatic rings. The number of benzene rings is 2. The third kappa shape index (κ3) is 3.92. The number of carbonyl (C=O) groups excluding carboxylic acids is 1. The molecule has 1 amide bonds. The number of rotatable bonds is 7. The minimum absolute atomic E-state index is 0.0586. The number of nitrogens with zero attached hydrogens (tertiary/aromatic N) is 2. The average Bonchev–Trinajstić information content (AvgIpc) is 3.45. The minimum atomic E-state index is -0.236. The molecule has 1 N–H and O–H groups in total. The lowest BCUT2D eigenvalue weighted by Crippen LogP contribution is -2.32. The van der Waals surface area contributed by atoms with E-state index in [0.717, 1.165) is 40.7 Å². The van der Waals surface area contributed by atoms with Crippen LogP contribution in [0.2, 0.25) is 0 Å². The first-order valence-electron chi connectivity index (χ1n) is 9.41. The number of hydrogen-bond donors (Lipinski definition) is 1. The Morgan fingerprint density at radius 2 is 1.89 bits per heavy atom. The van der Waals surface area contributed by atoms with E-state index in [9.17, 15) is 4.79 Å². The van der Waals surface area contributed by atoms with Gasteiger partial charge < -0.3 is 10.1 Å². The first-order valence-corrected chi connectivity index (χ1v) is 10.3. The van der Waals surface area contributed by atoms with E-state index in [-0.39, 0.29) is 11.2 Å². The quantitative estimate of drug-likeness (QED) is 0.608. The number of para-hydroxylation sites is 2. The van der Waals surface area contributed by atoms with Crippen LogP contribution in [0, 0.1) is 0 Å². The Labute approximate surface area is 169 Å². The maximum absolute atomic E-state index is 12.5. The van der Waals surface area contributed by atoms with Crippen LogP contribution in [0.3, 0.4) is 0 Å². The normalized spacial score (nSPS) is 14.5. The van der Waals surface area contributed by atoms with E-state index in [1.807, 2.05) is 55.6 Å². The lowest BCUT2D eigenvalue weighted by molar-refractivity contribution is -0.120. The molecule has 4 rings (SSSR count). The fourth-order valence-corrected chi connectivity index (χ4v) is 3.94. The molecule has 144 valence electrons. The van der Waals surface area contributed by atoms with Crippen LogP contribution in [-0.2, 0) is 4.79 Å². The van der Waals surface area contributed by atoms with Crippen molar-refractivity contribution in [2.45, 2.75) is 36.2 Å². The number of methoxy groups -OCH3 is 1. The first kappa shape index (κ1) is 18.6. The van der Waals surface area contributed by atoms with Gasteiger partial charge in [0.25, 0.3) is 0 Å². The third-order valence-corrected chi connectivity index (χ3v) is 5.77. The number of carbonyl (C=O) groups is 1. The van der Waals surface area contributed by atoms with E-state index >= 15 is 0 Å². The van der Waals surface area contributed by atoms with Gasteiger partial charge in [-0.1, -0.05) is 54.2 Å². The summed E-state index contributed by atoms with van der Waals surface area (Å²) in [6, 6.07) is 18.3. The van der Waals surface area contributed by atoms with E-state index in [4.69, 9.17) is 4.74 Å². The number of amides is 1. The SMILES string of the molecule is COc1ccccc1-n1c(-c2ccccc2)cnc1SC(C)C(=O)NC1CC1. The van der Waals surface area contributed by atoms with Gasteiger partial charge in [0.05, 0.1) is 29.9 Å². The van der Waals surface area contributed by atoms with E-state index in [2.05, 4.69) is 27.0 Å². The fourth-order valence-electron chi connectivity index (χ4n) is 3.04. The van der Waals surface area contributed by atoms with Crippen LogP contribution in [0.1, 0.15) is 19.8 Å². The fraction of sp³-hybridized carbons (Fsp3) is 0.273. The minimum Gasteiger partial charge on any atom is -0.495 e. The molecule has 0 saturated heterocycles. The van der Waals surface area contributed by atoms with E-state index in [1.165, 1.54) is 11.8 Å². The zero-order chi connectivity index (χ0) is 19.5. The highest BCUT2D eigenvalue weighted by atomic mass is 32.2. The van der Waals surface area contributed by atoms with Crippen molar-refractivity contribution in [3.8, 4) is 22.7 Å². The highest BCUT2D eigenvalue weighted by Gasteiger charge is 2.27. The van der Waals surface area contributed by atoms with E-state index in [1.54, 1.807) is 7.11 Å². The monoisotopic (exact) mass is 393 g/mol. The second-order valence-corrected chi connectivity index (χ2v) is 8.15. The summed E-state index contributed by atoms with van der Waals surface area (Å²) in [4.78, 5) is 17.1. The van der Waals surface area contributed by atoms with Crippen LogP contribution < -0.4 is 10.1 Å². The second kappa shape index (κ2) is 8.10. The maximum atomic E-state index is 12.5. The van der Waals surface area contributed by atoms with E-state index < -0.39 is 0 Å². The highest BCUT2D eigenvalue weighted by Crippen LogP contribution is 2.35. The topological polar surface area (TPSA) is 56.2 Å². The molecule has 0 spiro atoms. The van der Waals surface area contributed by atoms with Crippen LogP contribution in [-0.4, -0.2) is 33.9 Å². The number of aromatic nitrogens is 2. The largest absolute Gasteiger partial charge is 0.495 e. The van der Waals surface area contributed by atoms with Gasteiger partial charge in [-0.3, -0.25) is 9.36 Å². The highest BCUT2D eigenvalue weighted by molar-refractivity contribution is 8.00. The molecule has 0 radical (unpaired) electrons. The molecule has 1 aliphatic rings. The van der Waals surface area contributed by atoms with Gasteiger partial charge in [-0.25, -0.2) is 4.98 Å². The van der Waals surface area contributed by atoms with Gasteiger partial charge in [-0.05, 0) is 31.9 Å². The molecule has 2 aromatic carbocycles. The molecule has 28 heavy (non-hydrogen) atoms. The smallest absolute Gasteiger partial charge is 0.233 e. The van der Waals surface area contributed by atoms with Crippen molar-refractivity contribution >= 4 is 17.7 Å². The van der Waals surface area contributed by atoms with Crippen molar-refractivity contribution < 1.29 is 9.53 Å². The van der Waals surface area contributed by atoms with Crippen LogP contribution in [0.25, 0.3) is 16.9 Å². The number of thioether (sulfide) groups is 1. The molecule has 1 fully saturated rings. The standard InChI is InChI=1S/C22H23N3O2S/c1-15(21(26)24-17-12-13-17)28-22-23-14-19(16-8-4-3-5-9-16)25(22)18-10-6-7-11-20(18)27-2/h3-11,14-15,17H,12-13H2,1-2H3,(H,24,26). The van der Waals surface area contributed by atoms with Gasteiger partial charge in [0.15, 0.2) is 5.16 Å². The molecule has 1 atom stereocenters. The Morgan fingerprint density at radius 1 is 1.18 bits per heavy atom. The number of ether oxygens (including phenoxy) is 1. The van der Waals surface area contributed by atoms with E-state index in [0.29, 0.717) is 6.04 Å². The first-order chi connectivity index (χ1) is 13.7. The zero-order valence-corrected chi connectivity index (χ0v) is 16.8. The predicted octanol–water partition coefficient (Wildman–Crippen LogP) is 4.31. The molecule has 6 heteroatoms. The molecule has 5 nitrogen and oxygen atoms in total. The van der Waals surface area contributed by atoms with Gasteiger partial charge >= 0.3 is 0 Å². The Balaban J connectivity index is 1.74. The Hall–Kier alpha value is -2.73. The number of nitrogens with one attached hydrogen (secondary N) is 1. The van der Waals surface area contributed by atoms with Crippen molar-refractivity contribution in [2.75, 3.05) is 7.11 Å². The zero-order valence-electron chi connectivity index (χ0n) is 16.0. The molecule has 0 aliphatic heterocycles. The summed E-state index contributed by atoms with van der Waals surface area (Å²) in [7, 11) is 1.66. The third-order valence-electron chi connectivity index (χ3n) is 4.70. The van der Waals surface area contributed by atoms with Crippen molar-refractivity contribution in [3.63, 3.8) is 0 Å². The van der Waals surface area contributed by atoms with Crippen molar-refractivity contribution in [1.29, 1.82) is 0 Å².